The molecule has 0 aromatic rings. The van der Waals surface area contributed by atoms with E-state index in [1.165, 1.54) is 17.7 Å². The van der Waals surface area contributed by atoms with Crippen molar-refractivity contribution in [2.45, 2.75) is 51.9 Å². The first kappa shape index (κ1) is 31.2. The molecule has 0 saturated heterocycles. The van der Waals surface area contributed by atoms with E-state index in [0.29, 0.717) is 19.6 Å². The molecule has 0 radical (unpaired) electrons. The SMILES string of the molecule is CCCCN.NCCCCCNCC(=O)N(CCCCN)CC(=O)NCCOC(N)=O. The highest BCUT2D eigenvalue weighted by molar-refractivity contribution is 5.85. The quantitative estimate of drug-likeness (QED) is 0.147. The molecule has 0 aromatic heterocycles. The van der Waals surface area contributed by atoms with E-state index in [0.717, 1.165) is 45.2 Å². The van der Waals surface area contributed by atoms with Crippen LogP contribution in [0.2, 0.25) is 0 Å². The fourth-order valence-corrected chi connectivity index (χ4v) is 2.39. The number of hydrogen-bond acceptors (Lipinski definition) is 8. The summed E-state index contributed by atoms with van der Waals surface area (Å²) in [5.41, 5.74) is 20.9. The van der Waals surface area contributed by atoms with Gasteiger partial charge in [0.2, 0.25) is 11.8 Å². The Kier molecular flexibility index (Phi) is 24.5. The Morgan fingerprint density at radius 1 is 0.871 bits per heavy atom. The molecule has 0 spiro atoms. The number of ether oxygens (including phenoxy) is 1. The normalized spacial score (nSPS) is 10.1. The molecule has 0 aromatic carbocycles. The van der Waals surface area contributed by atoms with Gasteiger partial charge in [-0.1, -0.05) is 19.8 Å². The summed E-state index contributed by atoms with van der Waals surface area (Å²) < 4.78 is 4.53. The van der Waals surface area contributed by atoms with Gasteiger partial charge in [-0.05, 0) is 58.3 Å². The topological polar surface area (TPSA) is 192 Å². The van der Waals surface area contributed by atoms with Crippen LogP contribution < -0.4 is 33.6 Å². The maximum atomic E-state index is 12.3. The molecule has 0 heterocycles. The van der Waals surface area contributed by atoms with Crippen molar-refractivity contribution in [3.63, 3.8) is 0 Å². The Balaban J connectivity index is 0. The average molecular weight is 448 g/mol. The molecule has 0 fully saturated rings. The molecule has 0 aliphatic rings. The van der Waals surface area contributed by atoms with E-state index >= 15 is 0 Å². The fourth-order valence-electron chi connectivity index (χ4n) is 2.39. The highest BCUT2D eigenvalue weighted by Crippen LogP contribution is 1.97. The molecule has 10 N–H and O–H groups in total. The zero-order valence-electron chi connectivity index (χ0n) is 19.2. The molecule has 11 nitrogen and oxygen atoms in total. The first-order chi connectivity index (χ1) is 14.9. The number of rotatable bonds is 18. The minimum Gasteiger partial charge on any atom is -0.448 e. The number of unbranched alkanes of at least 4 members (excludes halogenated alkanes) is 4. The van der Waals surface area contributed by atoms with Gasteiger partial charge in [-0.3, -0.25) is 9.59 Å². The Hall–Kier alpha value is -1.95. The monoisotopic (exact) mass is 447 g/mol. The van der Waals surface area contributed by atoms with Crippen LogP contribution in [-0.4, -0.2) is 81.8 Å². The predicted octanol–water partition coefficient (Wildman–Crippen LogP) is -0.771. The highest BCUT2D eigenvalue weighted by Gasteiger charge is 2.16. The summed E-state index contributed by atoms with van der Waals surface area (Å²) in [6.45, 7) is 5.67. The van der Waals surface area contributed by atoms with Gasteiger partial charge in [-0.2, -0.15) is 0 Å². The summed E-state index contributed by atoms with van der Waals surface area (Å²) >= 11 is 0. The molecule has 0 atom stereocenters. The predicted molar refractivity (Wildman–Crippen MR) is 123 cm³/mol. The van der Waals surface area contributed by atoms with E-state index in [1.54, 1.807) is 0 Å². The van der Waals surface area contributed by atoms with Crippen LogP contribution in [0.5, 0.6) is 0 Å². The smallest absolute Gasteiger partial charge is 0.404 e. The lowest BCUT2D eigenvalue weighted by Gasteiger charge is -2.22. The van der Waals surface area contributed by atoms with Crippen LogP contribution in [0, 0.1) is 0 Å². The maximum absolute atomic E-state index is 12.3. The van der Waals surface area contributed by atoms with E-state index in [2.05, 4.69) is 22.3 Å². The second kappa shape index (κ2) is 24.3. The van der Waals surface area contributed by atoms with Crippen molar-refractivity contribution < 1.29 is 19.1 Å². The molecule has 0 saturated carbocycles. The van der Waals surface area contributed by atoms with Gasteiger partial charge in [0.05, 0.1) is 19.6 Å². The lowest BCUT2D eigenvalue weighted by atomic mass is 10.2. The van der Waals surface area contributed by atoms with Gasteiger partial charge in [0.25, 0.3) is 0 Å². The van der Waals surface area contributed by atoms with Crippen molar-refractivity contribution >= 4 is 17.9 Å². The van der Waals surface area contributed by atoms with E-state index < -0.39 is 6.09 Å². The maximum Gasteiger partial charge on any atom is 0.404 e. The Bertz CT molecular complexity index is 451. The lowest BCUT2D eigenvalue weighted by Crippen LogP contribution is -2.45. The largest absolute Gasteiger partial charge is 0.448 e. The van der Waals surface area contributed by atoms with Crippen LogP contribution >= 0.6 is 0 Å². The Morgan fingerprint density at radius 3 is 2.06 bits per heavy atom. The number of carbonyl (C=O) groups excluding carboxylic acids is 3. The number of nitrogens with two attached hydrogens (primary N) is 4. The zero-order valence-corrected chi connectivity index (χ0v) is 19.2. The van der Waals surface area contributed by atoms with Gasteiger partial charge in [0.1, 0.15) is 6.61 Å². The Labute approximate surface area is 186 Å². The summed E-state index contributed by atoms with van der Waals surface area (Å²) in [6, 6.07) is 0. The van der Waals surface area contributed by atoms with E-state index in [-0.39, 0.29) is 38.1 Å². The molecular formula is C20H45N7O4. The van der Waals surface area contributed by atoms with Gasteiger partial charge in [-0.25, -0.2) is 4.79 Å². The number of amides is 3. The third kappa shape index (κ3) is 24.2. The fraction of sp³-hybridized carbons (Fsp3) is 0.850. The van der Waals surface area contributed by atoms with Crippen molar-refractivity contribution in [1.82, 2.24) is 15.5 Å². The zero-order chi connectivity index (χ0) is 23.7. The van der Waals surface area contributed by atoms with E-state index in [1.807, 2.05) is 0 Å². The molecule has 184 valence electrons. The van der Waals surface area contributed by atoms with Crippen molar-refractivity contribution in [2.75, 3.05) is 59.0 Å². The number of hydrogen-bond donors (Lipinski definition) is 6. The van der Waals surface area contributed by atoms with Gasteiger partial charge in [-0.15, -0.1) is 0 Å². The van der Waals surface area contributed by atoms with Crippen molar-refractivity contribution in [2.24, 2.45) is 22.9 Å². The Morgan fingerprint density at radius 2 is 1.52 bits per heavy atom. The van der Waals surface area contributed by atoms with E-state index in [9.17, 15) is 14.4 Å². The molecule has 11 heteroatoms. The van der Waals surface area contributed by atoms with Crippen molar-refractivity contribution in [3.8, 4) is 0 Å². The number of primary amides is 1. The van der Waals surface area contributed by atoms with Crippen LogP contribution in [0.15, 0.2) is 0 Å². The van der Waals surface area contributed by atoms with Crippen LogP contribution in [0.3, 0.4) is 0 Å². The third-order valence-electron chi connectivity index (χ3n) is 4.13. The summed E-state index contributed by atoms with van der Waals surface area (Å²) in [6.07, 6.45) is 5.96. The van der Waals surface area contributed by atoms with Crippen LogP contribution in [-0.2, 0) is 14.3 Å². The lowest BCUT2D eigenvalue weighted by molar-refractivity contribution is -0.135. The number of carbonyl (C=O) groups is 3. The highest BCUT2D eigenvalue weighted by atomic mass is 16.5. The first-order valence-corrected chi connectivity index (χ1v) is 11.2. The average Bonchev–Trinajstić information content (AvgIpc) is 2.74. The summed E-state index contributed by atoms with van der Waals surface area (Å²) in [5.74, 6) is -0.452. The van der Waals surface area contributed by atoms with Crippen LogP contribution in [0.4, 0.5) is 4.79 Å². The minimum atomic E-state index is -0.893. The standard InChI is InChI=1S/C16H34N6O4.C4H11N/c17-6-2-1-4-8-20-12-15(24)22(10-5-3-7-18)13-14(23)21-9-11-26-16(19)25;1-2-3-4-5/h20H,1-13,17-18H2,(H2,19,25)(H,21,23);2-5H2,1H3. The van der Waals surface area contributed by atoms with Gasteiger partial charge in [0, 0.05) is 6.54 Å². The number of nitrogens with zero attached hydrogens (tertiary/aromatic N) is 1. The summed E-state index contributed by atoms with van der Waals surface area (Å²) in [5, 5.41) is 5.67. The van der Waals surface area contributed by atoms with E-state index in [4.69, 9.17) is 22.9 Å². The van der Waals surface area contributed by atoms with Gasteiger partial charge in [0.15, 0.2) is 0 Å². The van der Waals surface area contributed by atoms with Crippen LogP contribution in [0.25, 0.3) is 0 Å². The van der Waals surface area contributed by atoms with Gasteiger partial charge >= 0.3 is 6.09 Å². The third-order valence-corrected chi connectivity index (χ3v) is 4.13. The molecule has 0 aliphatic heterocycles. The molecule has 31 heavy (non-hydrogen) atoms. The molecule has 3 amide bonds. The summed E-state index contributed by atoms with van der Waals surface area (Å²) in [7, 11) is 0. The van der Waals surface area contributed by atoms with Crippen LogP contribution in [0.1, 0.15) is 51.9 Å². The molecule has 0 rings (SSSR count). The molecular weight excluding hydrogens is 402 g/mol. The molecule has 0 aliphatic carbocycles. The number of nitrogens with one attached hydrogen (secondary N) is 2. The minimum absolute atomic E-state index is 0.00739. The first-order valence-electron chi connectivity index (χ1n) is 11.2. The molecule has 0 unspecified atom stereocenters. The van der Waals surface area contributed by atoms with Crippen molar-refractivity contribution in [3.05, 3.63) is 0 Å². The van der Waals surface area contributed by atoms with Gasteiger partial charge < -0.3 is 43.2 Å². The van der Waals surface area contributed by atoms with Crippen molar-refractivity contribution in [1.29, 1.82) is 0 Å². The second-order valence-corrected chi connectivity index (χ2v) is 7.00. The molecule has 0 bridgehead atoms. The summed E-state index contributed by atoms with van der Waals surface area (Å²) in [4.78, 5) is 36.2. The second-order valence-electron chi connectivity index (χ2n) is 7.00.